The van der Waals surface area contributed by atoms with E-state index in [1.54, 1.807) is 0 Å². The van der Waals surface area contributed by atoms with E-state index in [0.717, 1.165) is 13.8 Å². The van der Waals surface area contributed by atoms with Gasteiger partial charge in [0.2, 0.25) is 0 Å². The highest BCUT2D eigenvalue weighted by Crippen LogP contribution is 2.32. The van der Waals surface area contributed by atoms with Gasteiger partial charge < -0.3 is 49.2 Å². The number of ether oxygens (including phenoxy) is 5. The summed E-state index contributed by atoms with van der Waals surface area (Å²) in [5.74, 6) is -1.42. The maximum Gasteiger partial charge on any atom is 0.303 e. The van der Waals surface area contributed by atoms with E-state index < -0.39 is 85.8 Å². The minimum absolute atomic E-state index is 0.421. The monoisotopic (exact) mass is 444 g/mol. The van der Waals surface area contributed by atoms with Crippen LogP contribution in [0, 0.1) is 0 Å². The van der Waals surface area contributed by atoms with Gasteiger partial charge in [-0.3, -0.25) is 9.59 Å². The summed E-state index contributed by atoms with van der Waals surface area (Å²) in [5, 5.41) is 48.0. The zero-order chi connectivity index (χ0) is 21.9. The summed E-state index contributed by atoms with van der Waals surface area (Å²) in [4.78, 5) is 22.7. The predicted molar refractivity (Wildman–Crippen MR) is 91.3 cm³/mol. The van der Waals surface area contributed by atoms with Gasteiger partial charge in [-0.15, -0.1) is 11.6 Å². The summed E-state index contributed by atoms with van der Waals surface area (Å²) in [6, 6.07) is 0. The molecule has 168 valence electrons. The van der Waals surface area contributed by atoms with Gasteiger partial charge in [-0.2, -0.15) is 0 Å². The van der Waals surface area contributed by atoms with E-state index in [-0.39, 0.29) is 0 Å². The first kappa shape index (κ1) is 24.2. The lowest BCUT2D eigenvalue weighted by molar-refractivity contribution is -0.341. The fourth-order valence-corrected chi connectivity index (χ4v) is 3.30. The van der Waals surface area contributed by atoms with Crippen LogP contribution in [-0.4, -0.2) is 111 Å². The van der Waals surface area contributed by atoms with Gasteiger partial charge in [0.05, 0.1) is 6.61 Å². The third-order valence-corrected chi connectivity index (χ3v) is 4.95. The van der Waals surface area contributed by atoms with Crippen molar-refractivity contribution in [1.29, 1.82) is 0 Å². The number of carbonyl (C=O) groups is 2. The van der Waals surface area contributed by atoms with Crippen LogP contribution in [-0.2, 0) is 33.3 Å². The Bertz CT molecular complexity index is 574. The Hall–Kier alpha value is -1.09. The second-order valence-corrected chi connectivity index (χ2v) is 7.19. The lowest BCUT2D eigenvalue weighted by atomic mass is 9.97. The molecule has 2 fully saturated rings. The van der Waals surface area contributed by atoms with Crippen molar-refractivity contribution in [2.24, 2.45) is 0 Å². The second-order valence-electron chi connectivity index (χ2n) is 6.68. The quantitative estimate of drug-likeness (QED) is 0.207. The molecule has 2 aliphatic rings. The smallest absolute Gasteiger partial charge is 0.303 e. The van der Waals surface area contributed by atoms with E-state index in [1.165, 1.54) is 0 Å². The maximum absolute atomic E-state index is 11.5. The number of esters is 2. The van der Waals surface area contributed by atoms with Gasteiger partial charge in [-0.05, 0) is 0 Å². The molecule has 2 heterocycles. The standard InChI is InChI=1S/C16H25ClO12/c1-5(19)25-4-8-13(14(26-6(2)20)9(17)15(24)27-8)29-16-12(23)11(22)10(21)7(3-18)28-16/h7-16,18,21-24H,3-4H2,1-2H3/t7-,8-,9?,10+,11+,12-,13-,14-,15?,16+/m1/s1. The van der Waals surface area contributed by atoms with Gasteiger partial charge >= 0.3 is 11.9 Å². The number of aliphatic hydroxyl groups excluding tert-OH is 5. The van der Waals surface area contributed by atoms with Gasteiger partial charge in [0.25, 0.3) is 0 Å². The van der Waals surface area contributed by atoms with Gasteiger partial charge in [-0.1, -0.05) is 0 Å². The molecule has 0 aliphatic carbocycles. The normalized spacial score (nSPS) is 42.9. The van der Waals surface area contributed by atoms with E-state index in [0.29, 0.717) is 0 Å². The topological polar surface area (TPSA) is 181 Å². The van der Waals surface area contributed by atoms with Crippen LogP contribution < -0.4 is 0 Å². The van der Waals surface area contributed by atoms with Gasteiger partial charge in [0, 0.05) is 13.8 Å². The van der Waals surface area contributed by atoms with Crippen molar-refractivity contribution in [2.75, 3.05) is 13.2 Å². The molecule has 2 saturated heterocycles. The number of hydrogen-bond donors (Lipinski definition) is 5. The van der Waals surface area contributed by atoms with E-state index >= 15 is 0 Å². The average Bonchev–Trinajstić information content (AvgIpc) is 2.65. The number of carbonyl (C=O) groups excluding carboxylic acids is 2. The lowest BCUT2D eigenvalue weighted by Crippen LogP contribution is -2.64. The third-order valence-electron chi connectivity index (χ3n) is 4.48. The highest BCUT2D eigenvalue weighted by molar-refractivity contribution is 6.21. The fraction of sp³-hybridized carbons (Fsp3) is 0.875. The molecule has 0 radical (unpaired) electrons. The van der Waals surface area contributed by atoms with Crippen LogP contribution in [0.2, 0.25) is 0 Å². The Kier molecular flexibility index (Phi) is 8.58. The summed E-state index contributed by atoms with van der Waals surface area (Å²) < 4.78 is 26.2. The molecule has 12 nitrogen and oxygen atoms in total. The van der Waals surface area contributed by atoms with Crippen LogP contribution in [0.1, 0.15) is 13.8 Å². The number of rotatable bonds is 6. The Balaban J connectivity index is 2.27. The largest absolute Gasteiger partial charge is 0.463 e. The average molecular weight is 445 g/mol. The Morgan fingerprint density at radius 1 is 0.931 bits per heavy atom. The Labute approximate surface area is 170 Å². The second kappa shape index (κ2) is 10.3. The predicted octanol–water partition coefficient (Wildman–Crippen LogP) is -3.01. The third kappa shape index (κ3) is 5.75. The summed E-state index contributed by atoms with van der Waals surface area (Å²) >= 11 is 6.09. The summed E-state index contributed by atoms with van der Waals surface area (Å²) in [6.45, 7) is 1.13. The zero-order valence-electron chi connectivity index (χ0n) is 15.7. The van der Waals surface area contributed by atoms with E-state index in [2.05, 4.69) is 0 Å². The van der Waals surface area contributed by atoms with Crippen molar-refractivity contribution >= 4 is 23.5 Å². The van der Waals surface area contributed by atoms with E-state index in [4.69, 9.17) is 35.3 Å². The van der Waals surface area contributed by atoms with Crippen molar-refractivity contribution in [2.45, 2.75) is 74.5 Å². The molecule has 0 saturated carbocycles. The number of aliphatic hydroxyl groups is 5. The molecule has 0 bridgehead atoms. The van der Waals surface area contributed by atoms with Crippen molar-refractivity contribution in [3.8, 4) is 0 Å². The first-order chi connectivity index (χ1) is 13.6. The molecule has 10 atom stereocenters. The molecule has 0 aromatic heterocycles. The molecule has 5 N–H and O–H groups in total. The summed E-state index contributed by atoms with van der Waals surface area (Å²) in [7, 11) is 0. The van der Waals surface area contributed by atoms with Gasteiger partial charge in [0.1, 0.15) is 48.6 Å². The van der Waals surface area contributed by atoms with Gasteiger partial charge in [-0.25, -0.2) is 0 Å². The summed E-state index contributed by atoms with van der Waals surface area (Å²) in [5.41, 5.74) is 0. The Morgan fingerprint density at radius 3 is 2.14 bits per heavy atom. The highest BCUT2D eigenvalue weighted by Gasteiger charge is 2.52. The molecule has 29 heavy (non-hydrogen) atoms. The van der Waals surface area contributed by atoms with Crippen LogP contribution in [0.25, 0.3) is 0 Å². The fourth-order valence-electron chi connectivity index (χ4n) is 3.04. The van der Waals surface area contributed by atoms with E-state index in [1.807, 2.05) is 0 Å². The van der Waals surface area contributed by atoms with Crippen LogP contribution in [0.15, 0.2) is 0 Å². The molecule has 13 heteroatoms. The summed E-state index contributed by atoms with van der Waals surface area (Å²) in [6.07, 6.45) is -13.3. The van der Waals surface area contributed by atoms with Crippen LogP contribution in [0.3, 0.4) is 0 Å². The molecular weight excluding hydrogens is 420 g/mol. The van der Waals surface area contributed by atoms with E-state index in [9.17, 15) is 35.1 Å². The van der Waals surface area contributed by atoms with Gasteiger partial charge in [0.15, 0.2) is 18.7 Å². The van der Waals surface area contributed by atoms with Crippen LogP contribution >= 0.6 is 11.6 Å². The molecule has 0 spiro atoms. The molecule has 2 unspecified atom stereocenters. The number of hydrogen-bond acceptors (Lipinski definition) is 12. The van der Waals surface area contributed by atoms with Crippen LogP contribution in [0.4, 0.5) is 0 Å². The minimum Gasteiger partial charge on any atom is -0.463 e. The number of alkyl halides is 1. The molecule has 2 rings (SSSR count). The molecule has 2 aliphatic heterocycles. The maximum atomic E-state index is 11.5. The van der Waals surface area contributed by atoms with Crippen molar-refractivity contribution in [3.05, 3.63) is 0 Å². The first-order valence-corrected chi connectivity index (χ1v) is 9.24. The number of halogens is 1. The SMILES string of the molecule is CC(=O)OC[C@H]1OC(O)C(Cl)[C@@H](OC(C)=O)[C@@H]1O[C@@H]1O[C@H](CO)[C@H](O)[C@H](O)[C@H]1O. The van der Waals surface area contributed by atoms with Crippen molar-refractivity contribution in [1.82, 2.24) is 0 Å². The highest BCUT2D eigenvalue weighted by atomic mass is 35.5. The Morgan fingerprint density at radius 2 is 1.59 bits per heavy atom. The zero-order valence-corrected chi connectivity index (χ0v) is 16.4. The lowest BCUT2D eigenvalue weighted by Gasteiger charge is -2.46. The van der Waals surface area contributed by atoms with Crippen LogP contribution in [0.5, 0.6) is 0 Å². The van der Waals surface area contributed by atoms with Crippen molar-refractivity contribution in [3.63, 3.8) is 0 Å². The first-order valence-electron chi connectivity index (χ1n) is 8.81. The van der Waals surface area contributed by atoms with Crippen molar-refractivity contribution < 1.29 is 58.8 Å². The molecular formula is C16H25ClO12. The molecule has 0 amide bonds. The molecule has 0 aromatic carbocycles. The minimum atomic E-state index is -1.75. The molecule has 0 aromatic rings.